The minimum Gasteiger partial charge on any atom is -0.227 e. The summed E-state index contributed by atoms with van der Waals surface area (Å²) in [4.78, 5) is 0. The van der Waals surface area contributed by atoms with Crippen LogP contribution < -0.4 is 11.4 Å². The van der Waals surface area contributed by atoms with Crippen molar-refractivity contribution in [1.82, 2.24) is 10.7 Å². The van der Waals surface area contributed by atoms with Gasteiger partial charge in [0.05, 0.1) is 6.21 Å². The Balaban J connectivity index is 2.80. The molecule has 0 fully saturated rings. The summed E-state index contributed by atoms with van der Waals surface area (Å²) in [5, 5.41) is 5.21. The zero-order chi connectivity index (χ0) is 8.48. The van der Waals surface area contributed by atoms with Gasteiger partial charge in [-0.3, -0.25) is 0 Å². The van der Waals surface area contributed by atoms with E-state index in [-0.39, 0.29) is 5.41 Å². The fourth-order valence-electron chi connectivity index (χ4n) is 0.764. The molecule has 0 saturated heterocycles. The van der Waals surface area contributed by atoms with Crippen molar-refractivity contribution in [2.75, 3.05) is 0 Å². The molecule has 1 aliphatic heterocycles. The van der Waals surface area contributed by atoms with Crippen LogP contribution in [0.4, 0.5) is 0 Å². The van der Waals surface area contributed by atoms with Crippen LogP contribution in [0.2, 0.25) is 0 Å². The van der Waals surface area contributed by atoms with Crippen LogP contribution in [0.3, 0.4) is 0 Å². The molecule has 4 heteroatoms. The molecule has 0 radical (unpaired) electrons. The summed E-state index contributed by atoms with van der Waals surface area (Å²) in [5.41, 5.74) is 3.80. The predicted octanol–water partition coefficient (Wildman–Crippen LogP) is 0.596. The van der Waals surface area contributed by atoms with Crippen molar-refractivity contribution in [1.29, 1.82) is 0 Å². The van der Waals surface area contributed by atoms with Crippen LogP contribution in [-0.4, -0.2) is 11.3 Å². The molecule has 0 aliphatic carbocycles. The molecule has 0 aromatic rings. The van der Waals surface area contributed by atoms with Crippen LogP contribution >= 0.6 is 0 Å². The van der Waals surface area contributed by atoms with E-state index in [1.54, 1.807) is 6.21 Å². The molecule has 1 aliphatic rings. The first-order chi connectivity index (χ1) is 5.00. The van der Waals surface area contributed by atoms with Crippen molar-refractivity contribution >= 4 is 6.21 Å². The first-order valence-corrected chi connectivity index (χ1v) is 3.55. The van der Waals surface area contributed by atoms with Crippen LogP contribution in [0.5, 0.6) is 0 Å². The number of hydrogen-bond donors (Lipinski definition) is 2. The number of nitrogens with zero attached hydrogens (tertiary/aromatic N) is 2. The zero-order valence-electron chi connectivity index (χ0n) is 7.13. The highest BCUT2D eigenvalue weighted by Gasteiger charge is 2.17. The van der Waals surface area contributed by atoms with Crippen molar-refractivity contribution in [3.63, 3.8) is 0 Å². The number of hydrazine groups is 2. The molecule has 11 heavy (non-hydrogen) atoms. The van der Waals surface area contributed by atoms with E-state index in [2.05, 4.69) is 31.4 Å². The Morgan fingerprint density at radius 2 is 2.18 bits per heavy atom. The number of nitrogens with one attached hydrogen (secondary N) is 1. The number of allylic oxidation sites excluding steroid dienone is 1. The van der Waals surface area contributed by atoms with Crippen molar-refractivity contribution in [3.05, 3.63) is 11.8 Å². The Bertz CT molecular complexity index is 199. The van der Waals surface area contributed by atoms with Crippen LogP contribution in [-0.2, 0) is 0 Å². The van der Waals surface area contributed by atoms with Gasteiger partial charge in [0, 0.05) is 6.20 Å². The van der Waals surface area contributed by atoms with E-state index >= 15 is 0 Å². The van der Waals surface area contributed by atoms with E-state index in [0.29, 0.717) is 0 Å². The fourth-order valence-corrected chi connectivity index (χ4v) is 0.764. The normalized spacial score (nSPS) is 17.8. The third-order valence-electron chi connectivity index (χ3n) is 1.52. The molecule has 0 atom stereocenters. The van der Waals surface area contributed by atoms with Crippen LogP contribution in [0.1, 0.15) is 20.8 Å². The molecule has 4 nitrogen and oxygen atoms in total. The number of hydrogen-bond acceptors (Lipinski definition) is 4. The number of nitrogens with two attached hydrogens (primary N) is 1. The Labute approximate surface area is 66.7 Å². The first-order valence-electron chi connectivity index (χ1n) is 3.55. The van der Waals surface area contributed by atoms with Crippen LogP contribution in [0, 0.1) is 5.41 Å². The summed E-state index contributed by atoms with van der Waals surface area (Å²) in [5.74, 6) is 5.45. The largest absolute Gasteiger partial charge is 0.227 e. The first kappa shape index (κ1) is 8.07. The minimum atomic E-state index is 0.100. The van der Waals surface area contributed by atoms with Gasteiger partial charge in [0.2, 0.25) is 0 Å². The van der Waals surface area contributed by atoms with E-state index in [9.17, 15) is 0 Å². The minimum absolute atomic E-state index is 0.100. The molecule has 0 unspecified atom stereocenters. The lowest BCUT2D eigenvalue weighted by molar-refractivity contribution is 0.275. The Morgan fingerprint density at radius 3 is 2.55 bits per heavy atom. The molecule has 0 amide bonds. The second-order valence-corrected chi connectivity index (χ2v) is 3.60. The Kier molecular flexibility index (Phi) is 1.87. The van der Waals surface area contributed by atoms with Gasteiger partial charge in [-0.25, -0.2) is 16.5 Å². The van der Waals surface area contributed by atoms with Crippen LogP contribution in [0.25, 0.3) is 0 Å². The van der Waals surface area contributed by atoms with E-state index in [4.69, 9.17) is 5.84 Å². The van der Waals surface area contributed by atoms with Crippen LogP contribution in [0.15, 0.2) is 16.9 Å². The van der Waals surface area contributed by atoms with Crippen molar-refractivity contribution in [3.8, 4) is 0 Å². The fraction of sp³-hybridized carbons (Fsp3) is 0.571. The highest BCUT2D eigenvalue weighted by molar-refractivity contribution is 5.80. The van der Waals surface area contributed by atoms with Crippen molar-refractivity contribution in [2.45, 2.75) is 20.8 Å². The summed E-state index contributed by atoms with van der Waals surface area (Å²) in [6, 6.07) is 0. The quantitative estimate of drug-likeness (QED) is 0.502. The standard InChI is InChI=1S/C7H14N4/c1-7(2,3)6-4-9-10-11(8)5-6/h4-5,10H,8H2,1-3H3. The molecule has 1 heterocycles. The van der Waals surface area contributed by atoms with Gasteiger partial charge < -0.3 is 0 Å². The molecule has 0 saturated carbocycles. The van der Waals surface area contributed by atoms with E-state index < -0.39 is 0 Å². The topological polar surface area (TPSA) is 53.6 Å². The second-order valence-electron chi connectivity index (χ2n) is 3.60. The highest BCUT2D eigenvalue weighted by Crippen LogP contribution is 2.24. The Hall–Kier alpha value is -1.03. The summed E-state index contributed by atoms with van der Waals surface area (Å²) in [6.07, 6.45) is 3.61. The average molecular weight is 154 g/mol. The molecule has 1 rings (SSSR count). The van der Waals surface area contributed by atoms with Gasteiger partial charge >= 0.3 is 0 Å². The lowest BCUT2D eigenvalue weighted by Gasteiger charge is -2.25. The zero-order valence-corrected chi connectivity index (χ0v) is 7.13. The summed E-state index contributed by atoms with van der Waals surface area (Å²) in [7, 11) is 0. The van der Waals surface area contributed by atoms with Gasteiger partial charge in [-0.2, -0.15) is 5.10 Å². The van der Waals surface area contributed by atoms with E-state index in [1.807, 2.05) is 6.20 Å². The third kappa shape index (κ3) is 1.94. The third-order valence-corrected chi connectivity index (χ3v) is 1.52. The van der Waals surface area contributed by atoms with E-state index in [0.717, 1.165) is 5.57 Å². The van der Waals surface area contributed by atoms with Crippen molar-refractivity contribution < 1.29 is 0 Å². The van der Waals surface area contributed by atoms with Gasteiger partial charge in [0.25, 0.3) is 0 Å². The van der Waals surface area contributed by atoms with Crippen molar-refractivity contribution in [2.24, 2.45) is 16.4 Å². The maximum absolute atomic E-state index is 5.45. The summed E-state index contributed by atoms with van der Waals surface area (Å²) >= 11 is 0. The molecule has 0 bridgehead atoms. The van der Waals surface area contributed by atoms with Gasteiger partial charge in [-0.1, -0.05) is 20.8 Å². The predicted molar refractivity (Wildman–Crippen MR) is 45.2 cm³/mol. The molecule has 3 N–H and O–H groups in total. The van der Waals surface area contributed by atoms with E-state index in [1.165, 1.54) is 5.12 Å². The molecular formula is C7H14N4. The molecule has 0 aromatic carbocycles. The SMILES string of the molecule is CC(C)(C)C1=CN(N)NN=C1. The number of rotatable bonds is 0. The number of hydrazone groups is 1. The smallest absolute Gasteiger partial charge is 0.0542 e. The second kappa shape index (κ2) is 2.54. The maximum atomic E-state index is 5.45. The summed E-state index contributed by atoms with van der Waals surface area (Å²) < 4.78 is 0. The molecular weight excluding hydrogens is 140 g/mol. The molecule has 0 aromatic heterocycles. The maximum Gasteiger partial charge on any atom is 0.0542 e. The monoisotopic (exact) mass is 154 g/mol. The highest BCUT2D eigenvalue weighted by atomic mass is 15.8. The lowest BCUT2D eigenvalue weighted by Crippen LogP contribution is -2.39. The van der Waals surface area contributed by atoms with Gasteiger partial charge in [-0.15, -0.1) is 0 Å². The molecule has 62 valence electrons. The average Bonchev–Trinajstić information content (AvgIpc) is 1.86. The van der Waals surface area contributed by atoms with Gasteiger partial charge in [0.15, 0.2) is 0 Å². The summed E-state index contributed by atoms with van der Waals surface area (Å²) in [6.45, 7) is 6.35. The molecule has 0 spiro atoms. The Morgan fingerprint density at radius 1 is 1.55 bits per heavy atom. The van der Waals surface area contributed by atoms with Gasteiger partial charge in [0.1, 0.15) is 0 Å². The van der Waals surface area contributed by atoms with Gasteiger partial charge in [-0.05, 0) is 11.0 Å². The lowest BCUT2D eigenvalue weighted by atomic mass is 9.88.